The van der Waals surface area contributed by atoms with Crippen molar-refractivity contribution in [2.24, 2.45) is 5.92 Å². The molecule has 4 rings (SSSR count). The predicted octanol–water partition coefficient (Wildman–Crippen LogP) is 4.96. The zero-order chi connectivity index (χ0) is 23.2. The third-order valence-corrected chi connectivity index (χ3v) is 7.02. The number of aryl methyl sites for hydroxylation is 1. The number of pyridine rings is 1. The molecule has 0 unspecified atom stereocenters. The largest absolute Gasteiger partial charge is 0.353 e. The number of rotatable bonds is 6. The number of piperidine rings is 1. The Morgan fingerprint density at radius 1 is 1.06 bits per heavy atom. The van der Waals surface area contributed by atoms with Crippen molar-refractivity contribution in [3.05, 3.63) is 58.4 Å². The lowest BCUT2D eigenvalue weighted by Gasteiger charge is -2.32. The number of likely N-dealkylation sites (tertiary alicyclic amines) is 1. The maximum absolute atomic E-state index is 12.7. The molecular weight excluding hydrogens is 436 g/mol. The van der Waals surface area contributed by atoms with Gasteiger partial charge in [-0.2, -0.15) is 0 Å². The first-order valence-electron chi connectivity index (χ1n) is 12.0. The lowest BCUT2D eigenvalue weighted by molar-refractivity contribution is -0.127. The molecule has 1 saturated heterocycles. The molecule has 0 spiro atoms. The molecule has 2 amide bonds. The second-order valence-corrected chi connectivity index (χ2v) is 9.70. The van der Waals surface area contributed by atoms with Crippen molar-refractivity contribution in [2.45, 2.75) is 64.5 Å². The molecular formula is C26H33ClN4O2. The number of nitrogens with one attached hydrogen (secondary N) is 2. The van der Waals surface area contributed by atoms with Gasteiger partial charge in [0.25, 0.3) is 5.91 Å². The number of anilines is 1. The lowest BCUT2D eigenvalue weighted by atomic mass is 9.92. The highest BCUT2D eigenvalue weighted by atomic mass is 35.5. The van der Waals surface area contributed by atoms with Gasteiger partial charge in [0.2, 0.25) is 5.91 Å². The average molecular weight is 469 g/mol. The number of amides is 2. The number of halogens is 1. The van der Waals surface area contributed by atoms with E-state index in [0.717, 1.165) is 62.3 Å². The smallest absolute Gasteiger partial charge is 0.258 e. The van der Waals surface area contributed by atoms with Gasteiger partial charge in [0.1, 0.15) is 5.15 Å². The third-order valence-electron chi connectivity index (χ3n) is 6.73. The Kier molecular flexibility index (Phi) is 7.99. The minimum absolute atomic E-state index is 0.127. The molecule has 2 heterocycles. The Balaban J connectivity index is 1.27. The first kappa shape index (κ1) is 23.7. The number of carbonyl (C=O) groups excluding carboxylic acids is 2. The van der Waals surface area contributed by atoms with Gasteiger partial charge in [0, 0.05) is 29.9 Å². The van der Waals surface area contributed by atoms with Crippen LogP contribution in [0.2, 0.25) is 5.15 Å². The van der Waals surface area contributed by atoms with Gasteiger partial charge < -0.3 is 10.6 Å². The van der Waals surface area contributed by atoms with Crippen LogP contribution in [0.3, 0.4) is 0 Å². The summed E-state index contributed by atoms with van der Waals surface area (Å²) in [5, 5.41) is 6.42. The molecule has 7 heteroatoms. The van der Waals surface area contributed by atoms with Crippen molar-refractivity contribution < 1.29 is 9.59 Å². The molecule has 176 valence electrons. The summed E-state index contributed by atoms with van der Waals surface area (Å²) < 4.78 is 0. The van der Waals surface area contributed by atoms with Crippen LogP contribution in [0.4, 0.5) is 5.69 Å². The molecule has 1 saturated carbocycles. The van der Waals surface area contributed by atoms with Gasteiger partial charge in [-0.25, -0.2) is 4.98 Å². The van der Waals surface area contributed by atoms with E-state index in [-0.39, 0.29) is 22.9 Å². The molecule has 0 bridgehead atoms. The zero-order valence-electron chi connectivity index (χ0n) is 19.3. The fourth-order valence-corrected chi connectivity index (χ4v) is 5.10. The van der Waals surface area contributed by atoms with Crippen LogP contribution in [0, 0.1) is 12.8 Å². The summed E-state index contributed by atoms with van der Waals surface area (Å²) in [5.41, 5.74) is 3.00. The molecule has 2 N–H and O–H groups in total. The van der Waals surface area contributed by atoms with E-state index in [9.17, 15) is 9.59 Å². The van der Waals surface area contributed by atoms with Gasteiger partial charge in [-0.15, -0.1) is 0 Å². The molecule has 2 aromatic rings. The standard InChI is InChI=1S/C26H33ClN4O2/c1-18-10-11-23(24(27)28-18)26(33)30-22-9-5-6-19(16-22)17-31-14-12-20(13-15-31)25(32)29-21-7-3-2-4-8-21/h5-6,9-11,16,20-21H,2-4,7-8,12-15,17H2,1H3,(H,29,32)(H,30,33). The monoisotopic (exact) mass is 468 g/mol. The van der Waals surface area contributed by atoms with Gasteiger partial charge >= 0.3 is 0 Å². The number of carbonyl (C=O) groups is 2. The van der Waals surface area contributed by atoms with Crippen LogP contribution in [0.25, 0.3) is 0 Å². The van der Waals surface area contributed by atoms with Gasteiger partial charge in [-0.1, -0.05) is 43.0 Å². The van der Waals surface area contributed by atoms with Crippen molar-refractivity contribution in [1.82, 2.24) is 15.2 Å². The minimum atomic E-state index is -0.269. The second-order valence-electron chi connectivity index (χ2n) is 9.34. The zero-order valence-corrected chi connectivity index (χ0v) is 20.0. The summed E-state index contributed by atoms with van der Waals surface area (Å²) in [6, 6.07) is 11.7. The van der Waals surface area contributed by atoms with Crippen LogP contribution in [-0.2, 0) is 11.3 Å². The molecule has 0 radical (unpaired) electrons. The van der Waals surface area contributed by atoms with E-state index in [4.69, 9.17) is 11.6 Å². The Hall–Kier alpha value is -2.44. The fraction of sp³-hybridized carbons (Fsp3) is 0.500. The van der Waals surface area contributed by atoms with Crippen molar-refractivity contribution >= 4 is 29.1 Å². The number of hydrogen-bond donors (Lipinski definition) is 2. The Bertz CT molecular complexity index is 982. The second kappa shape index (κ2) is 11.1. The highest BCUT2D eigenvalue weighted by Crippen LogP contribution is 2.23. The van der Waals surface area contributed by atoms with Crippen molar-refractivity contribution in [3.8, 4) is 0 Å². The number of nitrogens with zero attached hydrogens (tertiary/aromatic N) is 2. The highest BCUT2D eigenvalue weighted by Gasteiger charge is 2.27. The van der Waals surface area contributed by atoms with Gasteiger partial charge in [0.05, 0.1) is 5.56 Å². The number of aromatic nitrogens is 1. The van der Waals surface area contributed by atoms with Crippen LogP contribution in [0.1, 0.15) is 66.6 Å². The van der Waals surface area contributed by atoms with E-state index in [1.165, 1.54) is 19.3 Å². The third kappa shape index (κ3) is 6.55. The summed E-state index contributed by atoms with van der Waals surface area (Å²) >= 11 is 6.13. The van der Waals surface area contributed by atoms with Crippen LogP contribution >= 0.6 is 11.6 Å². The maximum Gasteiger partial charge on any atom is 0.258 e. The van der Waals surface area contributed by atoms with E-state index < -0.39 is 0 Å². The molecule has 33 heavy (non-hydrogen) atoms. The van der Waals surface area contributed by atoms with Gasteiger partial charge in [0.15, 0.2) is 0 Å². The first-order chi connectivity index (χ1) is 16.0. The normalized spacial score (nSPS) is 18.1. The van der Waals surface area contributed by atoms with E-state index in [2.05, 4.69) is 26.6 Å². The van der Waals surface area contributed by atoms with Crippen molar-refractivity contribution in [1.29, 1.82) is 0 Å². The molecule has 1 aromatic carbocycles. The quantitative estimate of drug-likeness (QED) is 0.588. The van der Waals surface area contributed by atoms with Crippen LogP contribution in [-0.4, -0.2) is 40.8 Å². The van der Waals surface area contributed by atoms with Crippen molar-refractivity contribution in [3.63, 3.8) is 0 Å². The predicted molar refractivity (Wildman–Crippen MR) is 131 cm³/mol. The number of hydrogen-bond acceptors (Lipinski definition) is 4. The molecule has 1 aliphatic heterocycles. The summed E-state index contributed by atoms with van der Waals surface area (Å²) in [6.07, 6.45) is 7.82. The molecule has 1 aliphatic carbocycles. The lowest BCUT2D eigenvalue weighted by Crippen LogP contribution is -2.44. The minimum Gasteiger partial charge on any atom is -0.353 e. The molecule has 6 nitrogen and oxygen atoms in total. The topological polar surface area (TPSA) is 74.3 Å². The van der Waals surface area contributed by atoms with Crippen molar-refractivity contribution in [2.75, 3.05) is 18.4 Å². The fourth-order valence-electron chi connectivity index (χ4n) is 4.82. The Morgan fingerprint density at radius 3 is 2.55 bits per heavy atom. The molecule has 2 aliphatic rings. The van der Waals surface area contributed by atoms with E-state index in [1.54, 1.807) is 12.1 Å². The maximum atomic E-state index is 12.7. The van der Waals surface area contributed by atoms with E-state index in [0.29, 0.717) is 11.6 Å². The summed E-state index contributed by atoms with van der Waals surface area (Å²) in [5.74, 6) is 0.103. The van der Waals surface area contributed by atoms with Crippen LogP contribution in [0.15, 0.2) is 36.4 Å². The molecule has 0 atom stereocenters. The number of benzene rings is 1. The molecule has 1 aromatic heterocycles. The van der Waals surface area contributed by atoms with Crippen LogP contribution < -0.4 is 10.6 Å². The SMILES string of the molecule is Cc1ccc(C(=O)Nc2cccc(CN3CCC(C(=O)NC4CCCCC4)CC3)c2)c(Cl)n1. The van der Waals surface area contributed by atoms with E-state index in [1.807, 2.05) is 25.1 Å². The van der Waals surface area contributed by atoms with Gasteiger partial charge in [-0.3, -0.25) is 14.5 Å². The van der Waals surface area contributed by atoms with Gasteiger partial charge in [-0.05, 0) is 75.5 Å². The summed E-state index contributed by atoms with van der Waals surface area (Å²) in [6.45, 7) is 4.45. The first-order valence-corrected chi connectivity index (χ1v) is 12.4. The Labute approximate surface area is 201 Å². The van der Waals surface area contributed by atoms with Crippen LogP contribution in [0.5, 0.6) is 0 Å². The van der Waals surface area contributed by atoms with E-state index >= 15 is 0 Å². The summed E-state index contributed by atoms with van der Waals surface area (Å²) in [7, 11) is 0. The molecule has 2 fully saturated rings. The highest BCUT2D eigenvalue weighted by molar-refractivity contribution is 6.33. The summed E-state index contributed by atoms with van der Waals surface area (Å²) in [4.78, 5) is 31.8. The Morgan fingerprint density at radius 2 is 1.82 bits per heavy atom. The average Bonchev–Trinajstić information content (AvgIpc) is 2.80.